The van der Waals surface area contributed by atoms with E-state index in [2.05, 4.69) is 26.1 Å². The molecule has 0 bridgehead atoms. The van der Waals surface area contributed by atoms with Crippen LogP contribution >= 0.6 is 0 Å². The van der Waals surface area contributed by atoms with Gasteiger partial charge in [0.25, 0.3) is 11.8 Å². The van der Waals surface area contributed by atoms with Gasteiger partial charge < -0.3 is 14.4 Å². The molecule has 1 saturated heterocycles. The first-order valence-corrected chi connectivity index (χ1v) is 10.6. The first-order valence-electron chi connectivity index (χ1n) is 10.6. The molecule has 0 radical (unpaired) electrons. The van der Waals surface area contributed by atoms with Crippen molar-refractivity contribution in [2.45, 2.75) is 32.6 Å². The number of carbonyl (C=O) groups is 4. The van der Waals surface area contributed by atoms with Crippen molar-refractivity contribution < 1.29 is 28.7 Å². The highest BCUT2D eigenvalue weighted by molar-refractivity contribution is 6.05. The molecule has 1 N–H and O–H groups in total. The zero-order valence-corrected chi connectivity index (χ0v) is 19.2. The summed E-state index contributed by atoms with van der Waals surface area (Å²) in [5.41, 5.74) is 1.91. The van der Waals surface area contributed by atoms with Crippen LogP contribution in [-0.4, -0.2) is 44.0 Å². The van der Waals surface area contributed by atoms with Gasteiger partial charge >= 0.3 is 5.97 Å². The first-order chi connectivity index (χ1) is 15.6. The maximum atomic E-state index is 12.4. The molecule has 0 saturated carbocycles. The van der Waals surface area contributed by atoms with E-state index in [9.17, 15) is 19.2 Å². The third-order valence-corrected chi connectivity index (χ3v) is 5.45. The fourth-order valence-corrected chi connectivity index (χ4v) is 3.56. The van der Waals surface area contributed by atoms with E-state index >= 15 is 0 Å². The average molecular weight is 453 g/mol. The van der Waals surface area contributed by atoms with E-state index in [0.717, 1.165) is 5.56 Å². The molecule has 3 rings (SSSR count). The molecular weight excluding hydrogens is 424 g/mol. The van der Waals surface area contributed by atoms with Gasteiger partial charge in [0, 0.05) is 18.5 Å². The molecule has 3 amide bonds. The molecule has 1 aliphatic rings. The van der Waals surface area contributed by atoms with Crippen LogP contribution in [0.15, 0.2) is 48.5 Å². The summed E-state index contributed by atoms with van der Waals surface area (Å²) in [5.74, 6) is -2.41. The predicted octanol–water partition coefficient (Wildman–Crippen LogP) is 2.85. The number of anilines is 1. The molecule has 0 aliphatic carbocycles. The number of para-hydroxylation sites is 2. The molecule has 1 fully saturated rings. The molecule has 0 aromatic heterocycles. The van der Waals surface area contributed by atoms with Crippen molar-refractivity contribution in [3.63, 3.8) is 0 Å². The van der Waals surface area contributed by atoms with Gasteiger partial charge in [0.15, 0.2) is 6.61 Å². The number of esters is 1. The largest absolute Gasteiger partial charge is 0.495 e. The lowest BCUT2D eigenvalue weighted by atomic mass is 9.87. The number of ether oxygens (including phenoxy) is 2. The topological polar surface area (TPSA) is 102 Å². The molecule has 8 nitrogen and oxygen atoms in total. The fourth-order valence-electron chi connectivity index (χ4n) is 3.56. The van der Waals surface area contributed by atoms with Crippen LogP contribution < -0.4 is 15.0 Å². The Kier molecular flexibility index (Phi) is 7.16. The number of methoxy groups -OCH3 is 1. The van der Waals surface area contributed by atoms with Crippen molar-refractivity contribution >= 4 is 29.4 Å². The average Bonchev–Trinajstić information content (AvgIpc) is 3.18. The van der Waals surface area contributed by atoms with Crippen LogP contribution in [-0.2, 0) is 24.5 Å². The maximum Gasteiger partial charge on any atom is 0.311 e. The Balaban J connectivity index is 1.52. The number of imide groups is 1. The summed E-state index contributed by atoms with van der Waals surface area (Å²) in [7, 11) is 1.50. The third-order valence-electron chi connectivity index (χ3n) is 5.45. The monoisotopic (exact) mass is 452 g/mol. The van der Waals surface area contributed by atoms with Crippen LogP contribution in [0.5, 0.6) is 5.75 Å². The molecule has 0 spiro atoms. The Morgan fingerprint density at radius 1 is 1.06 bits per heavy atom. The second-order valence-electron chi connectivity index (χ2n) is 8.89. The Bertz CT molecular complexity index is 1060. The summed E-state index contributed by atoms with van der Waals surface area (Å²) in [5, 5.41) is 2.21. The van der Waals surface area contributed by atoms with Gasteiger partial charge in [0.2, 0.25) is 5.91 Å². The van der Waals surface area contributed by atoms with Crippen LogP contribution in [0.1, 0.15) is 43.1 Å². The number of benzene rings is 2. The van der Waals surface area contributed by atoms with Gasteiger partial charge in [0.05, 0.1) is 18.7 Å². The quantitative estimate of drug-likeness (QED) is 0.677. The normalized spacial score (nSPS) is 15.8. The zero-order chi connectivity index (χ0) is 24.2. The molecule has 1 aliphatic heterocycles. The van der Waals surface area contributed by atoms with E-state index in [-0.39, 0.29) is 24.3 Å². The van der Waals surface area contributed by atoms with Crippen LogP contribution in [0.2, 0.25) is 0 Å². The van der Waals surface area contributed by atoms with Crippen molar-refractivity contribution in [3.05, 3.63) is 59.7 Å². The summed E-state index contributed by atoms with van der Waals surface area (Å²) in [6, 6.07) is 14.0. The lowest BCUT2D eigenvalue weighted by Crippen LogP contribution is -2.35. The number of hydrogen-bond acceptors (Lipinski definition) is 6. The highest BCUT2D eigenvalue weighted by Crippen LogP contribution is 2.33. The zero-order valence-electron chi connectivity index (χ0n) is 19.2. The summed E-state index contributed by atoms with van der Waals surface area (Å²) in [6.45, 7) is 5.71. The van der Waals surface area contributed by atoms with Crippen LogP contribution in [0.4, 0.5) is 5.69 Å². The number of rotatable bonds is 6. The molecule has 1 unspecified atom stereocenters. The highest BCUT2D eigenvalue weighted by atomic mass is 16.5. The van der Waals surface area contributed by atoms with Crippen molar-refractivity contribution in [2.24, 2.45) is 5.92 Å². The summed E-state index contributed by atoms with van der Waals surface area (Å²) >= 11 is 0. The van der Waals surface area contributed by atoms with Crippen LogP contribution in [0.3, 0.4) is 0 Å². The Labute approximate surface area is 192 Å². The number of hydrogen-bond donors (Lipinski definition) is 1. The lowest BCUT2D eigenvalue weighted by molar-refractivity contribution is -0.152. The second kappa shape index (κ2) is 9.85. The minimum absolute atomic E-state index is 0.0302. The number of nitrogens with one attached hydrogen (secondary N) is 1. The molecule has 174 valence electrons. The first kappa shape index (κ1) is 24.0. The second-order valence-corrected chi connectivity index (χ2v) is 8.89. The van der Waals surface area contributed by atoms with E-state index in [0.29, 0.717) is 17.0 Å². The fraction of sp³-hybridized carbons (Fsp3) is 0.360. The van der Waals surface area contributed by atoms with Crippen LogP contribution in [0.25, 0.3) is 0 Å². The van der Waals surface area contributed by atoms with E-state index in [1.54, 1.807) is 36.4 Å². The van der Waals surface area contributed by atoms with Gasteiger partial charge in [-0.25, -0.2) is 0 Å². The van der Waals surface area contributed by atoms with E-state index in [1.807, 2.05) is 12.1 Å². The molecule has 33 heavy (non-hydrogen) atoms. The Hall–Kier alpha value is -3.68. The van der Waals surface area contributed by atoms with Crippen molar-refractivity contribution in [2.75, 3.05) is 25.2 Å². The van der Waals surface area contributed by atoms with E-state index < -0.39 is 30.3 Å². The van der Waals surface area contributed by atoms with Gasteiger partial charge in [-0.1, -0.05) is 45.0 Å². The molecule has 2 aromatic rings. The Morgan fingerprint density at radius 3 is 2.36 bits per heavy atom. The number of amides is 3. The molecular formula is C25H28N2O6. The summed E-state index contributed by atoms with van der Waals surface area (Å²) < 4.78 is 10.3. The van der Waals surface area contributed by atoms with E-state index in [4.69, 9.17) is 9.47 Å². The maximum absolute atomic E-state index is 12.4. The highest BCUT2D eigenvalue weighted by Gasteiger charge is 2.37. The predicted molar refractivity (Wildman–Crippen MR) is 122 cm³/mol. The van der Waals surface area contributed by atoms with Gasteiger partial charge in [0.1, 0.15) is 5.75 Å². The van der Waals surface area contributed by atoms with Crippen molar-refractivity contribution in [3.8, 4) is 5.75 Å². The Morgan fingerprint density at radius 2 is 1.73 bits per heavy atom. The molecule has 2 aromatic carbocycles. The number of nitrogens with zero attached hydrogens (tertiary/aromatic N) is 1. The molecule has 8 heteroatoms. The smallest absolute Gasteiger partial charge is 0.311 e. The summed E-state index contributed by atoms with van der Waals surface area (Å²) in [4.78, 5) is 50.7. The standard InChI is InChI=1S/C25H28N2O6/c1-25(2,3)18-11-9-16(10-12-18)23(30)26-21(28)15-33-24(31)17-13-22(29)27(14-17)19-7-5-6-8-20(19)32-4/h5-12,17H,13-15H2,1-4H3,(H,26,28,30). The molecule has 1 heterocycles. The van der Waals surface area contributed by atoms with Crippen molar-refractivity contribution in [1.29, 1.82) is 0 Å². The van der Waals surface area contributed by atoms with Gasteiger partial charge in [-0.3, -0.25) is 24.5 Å². The minimum atomic E-state index is -0.737. The van der Waals surface area contributed by atoms with Gasteiger partial charge in [-0.2, -0.15) is 0 Å². The van der Waals surface area contributed by atoms with E-state index in [1.165, 1.54) is 12.0 Å². The van der Waals surface area contributed by atoms with Gasteiger partial charge in [-0.05, 0) is 35.2 Å². The molecule has 1 atom stereocenters. The minimum Gasteiger partial charge on any atom is -0.495 e. The van der Waals surface area contributed by atoms with Gasteiger partial charge in [-0.15, -0.1) is 0 Å². The lowest BCUT2D eigenvalue weighted by Gasteiger charge is -2.19. The van der Waals surface area contributed by atoms with Crippen molar-refractivity contribution in [1.82, 2.24) is 5.32 Å². The SMILES string of the molecule is COc1ccccc1N1CC(C(=O)OCC(=O)NC(=O)c2ccc(C(C)(C)C)cc2)CC1=O. The third kappa shape index (κ3) is 5.77. The van der Waals surface area contributed by atoms with Crippen LogP contribution in [0, 0.1) is 5.92 Å². The number of carbonyl (C=O) groups excluding carboxylic acids is 4. The summed E-state index contributed by atoms with van der Waals surface area (Å²) in [6.07, 6.45) is -0.0302.